The number of rotatable bonds is 3. The Hall–Kier alpha value is -1.63. The number of amides is 3. The molecule has 1 aliphatic rings. The average molecular weight is 308 g/mol. The molecule has 1 saturated heterocycles. The first kappa shape index (κ1) is 15.8. The quantitative estimate of drug-likeness (QED) is 0.484. The van der Waals surface area contributed by atoms with Crippen molar-refractivity contribution in [3.63, 3.8) is 0 Å². The zero-order valence-electron chi connectivity index (χ0n) is 12.9. The van der Waals surface area contributed by atoms with Crippen molar-refractivity contribution in [1.29, 1.82) is 0 Å². The highest BCUT2D eigenvalue weighted by atomic mass is 32.2. The summed E-state index contributed by atoms with van der Waals surface area (Å²) in [6.45, 7) is 5.88. The summed E-state index contributed by atoms with van der Waals surface area (Å²) in [6.07, 6.45) is 3.37. The molecule has 0 radical (unpaired) electrons. The fraction of sp³-hybridized carbons (Fsp3) is 0.571. The SMILES string of the molecule is CC1C(=O)N(C(=O)N(C)C)C1C(C)(C)Sc1ncccn1. The van der Waals surface area contributed by atoms with Gasteiger partial charge in [0, 0.05) is 31.2 Å². The Morgan fingerprint density at radius 1 is 1.33 bits per heavy atom. The lowest BCUT2D eigenvalue weighted by Crippen LogP contribution is -2.69. The summed E-state index contributed by atoms with van der Waals surface area (Å²) < 4.78 is -0.361. The predicted octanol–water partition coefficient (Wildman–Crippen LogP) is 1.88. The standard InChI is InChI=1S/C14H20N4O2S/c1-9-10(18(11(9)19)13(20)17(4)5)14(2,3)21-12-15-7-6-8-16-12/h6-10H,1-5H3. The second kappa shape index (κ2) is 5.63. The summed E-state index contributed by atoms with van der Waals surface area (Å²) in [5.74, 6) is -0.304. The first-order valence-corrected chi connectivity index (χ1v) is 7.57. The molecule has 3 amide bonds. The maximum atomic E-state index is 12.2. The molecule has 1 aromatic heterocycles. The van der Waals surface area contributed by atoms with Gasteiger partial charge in [0.25, 0.3) is 0 Å². The number of β-lactam (4-membered cyclic amide) rings is 1. The molecule has 114 valence electrons. The van der Waals surface area contributed by atoms with Crippen LogP contribution in [0.15, 0.2) is 23.6 Å². The highest BCUT2D eigenvalue weighted by molar-refractivity contribution is 8.00. The Labute approximate surface area is 128 Å². The van der Waals surface area contributed by atoms with Gasteiger partial charge in [-0.15, -0.1) is 0 Å². The molecule has 0 saturated carbocycles. The molecule has 6 nitrogen and oxygen atoms in total. The van der Waals surface area contributed by atoms with Gasteiger partial charge >= 0.3 is 6.03 Å². The number of carbonyl (C=O) groups is 2. The molecule has 0 bridgehead atoms. The van der Waals surface area contributed by atoms with E-state index in [-0.39, 0.29) is 28.6 Å². The number of carbonyl (C=O) groups excluding carboxylic acids is 2. The molecular formula is C14H20N4O2S. The van der Waals surface area contributed by atoms with E-state index in [1.54, 1.807) is 32.6 Å². The molecule has 0 aromatic carbocycles. The van der Waals surface area contributed by atoms with Crippen LogP contribution in [-0.4, -0.2) is 56.6 Å². The highest BCUT2D eigenvalue weighted by Gasteiger charge is 2.55. The number of aromatic nitrogens is 2. The number of hydrogen-bond acceptors (Lipinski definition) is 5. The van der Waals surface area contributed by atoms with Crippen LogP contribution in [0, 0.1) is 5.92 Å². The summed E-state index contributed by atoms with van der Waals surface area (Å²) in [6, 6.07) is 1.31. The van der Waals surface area contributed by atoms with Crippen molar-refractivity contribution >= 4 is 23.7 Å². The van der Waals surface area contributed by atoms with Crippen LogP contribution in [0.25, 0.3) is 0 Å². The second-order valence-corrected chi connectivity index (χ2v) is 7.48. The average Bonchev–Trinajstić information content (AvgIpc) is 2.43. The van der Waals surface area contributed by atoms with E-state index in [1.165, 1.54) is 21.6 Å². The minimum atomic E-state index is -0.361. The van der Waals surface area contributed by atoms with Crippen molar-refractivity contribution in [3.8, 4) is 0 Å². The predicted molar refractivity (Wildman–Crippen MR) is 80.8 cm³/mol. The van der Waals surface area contributed by atoms with Crippen LogP contribution in [0.2, 0.25) is 0 Å². The van der Waals surface area contributed by atoms with E-state index in [4.69, 9.17) is 0 Å². The molecule has 0 spiro atoms. The highest BCUT2D eigenvalue weighted by Crippen LogP contribution is 2.44. The smallest absolute Gasteiger partial charge is 0.326 e. The Morgan fingerprint density at radius 2 is 1.90 bits per heavy atom. The van der Waals surface area contributed by atoms with Gasteiger partial charge in [-0.05, 0) is 19.9 Å². The van der Waals surface area contributed by atoms with Crippen LogP contribution < -0.4 is 0 Å². The van der Waals surface area contributed by atoms with E-state index in [2.05, 4.69) is 9.97 Å². The maximum Gasteiger partial charge on any atom is 0.326 e. The van der Waals surface area contributed by atoms with Gasteiger partial charge in [0.1, 0.15) is 0 Å². The summed E-state index contributed by atoms with van der Waals surface area (Å²) in [4.78, 5) is 35.4. The molecule has 7 heteroatoms. The lowest BCUT2D eigenvalue weighted by Gasteiger charge is -2.51. The van der Waals surface area contributed by atoms with Crippen molar-refractivity contribution in [3.05, 3.63) is 18.5 Å². The first-order valence-electron chi connectivity index (χ1n) is 6.76. The van der Waals surface area contributed by atoms with Gasteiger partial charge in [0.05, 0.1) is 12.0 Å². The third-order valence-electron chi connectivity index (χ3n) is 3.58. The van der Waals surface area contributed by atoms with Gasteiger partial charge in [0.15, 0.2) is 5.16 Å². The molecule has 1 fully saturated rings. The number of imide groups is 1. The topological polar surface area (TPSA) is 66.4 Å². The fourth-order valence-electron chi connectivity index (χ4n) is 2.61. The van der Waals surface area contributed by atoms with Crippen molar-refractivity contribution in [1.82, 2.24) is 19.8 Å². The Bertz CT molecular complexity index is 547. The zero-order valence-corrected chi connectivity index (χ0v) is 13.7. The lowest BCUT2D eigenvalue weighted by atomic mass is 9.81. The molecule has 2 heterocycles. The molecule has 1 aromatic rings. The summed E-state index contributed by atoms with van der Waals surface area (Å²) in [5, 5.41) is 0.645. The number of nitrogens with zero attached hydrogens (tertiary/aromatic N) is 4. The molecule has 1 aliphatic heterocycles. The van der Waals surface area contributed by atoms with Crippen LogP contribution in [0.3, 0.4) is 0 Å². The first-order chi connectivity index (χ1) is 9.75. The maximum absolute atomic E-state index is 12.2. The Kier molecular flexibility index (Phi) is 4.22. The molecule has 0 N–H and O–H groups in total. The van der Waals surface area contributed by atoms with Crippen molar-refractivity contribution < 1.29 is 9.59 Å². The Balaban J connectivity index is 2.21. The Morgan fingerprint density at radius 3 is 2.43 bits per heavy atom. The fourth-order valence-corrected chi connectivity index (χ4v) is 3.74. The minimum absolute atomic E-state index is 0.124. The molecule has 0 aliphatic carbocycles. The number of hydrogen-bond donors (Lipinski definition) is 0. The van der Waals surface area contributed by atoms with Crippen molar-refractivity contribution in [2.45, 2.75) is 36.7 Å². The van der Waals surface area contributed by atoms with Crippen molar-refractivity contribution in [2.24, 2.45) is 5.92 Å². The van der Waals surface area contributed by atoms with Crippen LogP contribution in [0.5, 0.6) is 0 Å². The van der Waals surface area contributed by atoms with Crippen LogP contribution in [-0.2, 0) is 4.79 Å². The van der Waals surface area contributed by atoms with E-state index < -0.39 is 0 Å². The lowest BCUT2D eigenvalue weighted by molar-refractivity contribution is -0.151. The largest absolute Gasteiger partial charge is 0.330 e. The molecule has 2 rings (SSSR count). The molecule has 2 atom stereocenters. The van der Waals surface area contributed by atoms with Gasteiger partial charge in [-0.1, -0.05) is 18.7 Å². The number of thioether (sulfide) groups is 1. The van der Waals surface area contributed by atoms with Crippen molar-refractivity contribution in [2.75, 3.05) is 14.1 Å². The van der Waals surface area contributed by atoms with E-state index in [9.17, 15) is 9.59 Å². The molecular weight excluding hydrogens is 288 g/mol. The normalized spacial score (nSPS) is 22.0. The molecule has 21 heavy (non-hydrogen) atoms. The number of urea groups is 1. The second-order valence-electron chi connectivity index (χ2n) is 5.86. The summed E-state index contributed by atoms with van der Waals surface area (Å²) in [5.41, 5.74) is 0. The third kappa shape index (κ3) is 2.88. The minimum Gasteiger partial charge on any atom is -0.330 e. The van der Waals surface area contributed by atoms with Crippen LogP contribution in [0.4, 0.5) is 4.79 Å². The molecule has 2 unspecified atom stereocenters. The number of likely N-dealkylation sites (tertiary alicyclic amines) is 1. The van der Waals surface area contributed by atoms with Gasteiger partial charge in [0.2, 0.25) is 5.91 Å². The van der Waals surface area contributed by atoms with E-state index in [0.29, 0.717) is 5.16 Å². The monoisotopic (exact) mass is 308 g/mol. The van der Waals surface area contributed by atoms with E-state index in [1.807, 2.05) is 20.8 Å². The third-order valence-corrected chi connectivity index (χ3v) is 4.74. The zero-order chi connectivity index (χ0) is 15.8. The van der Waals surface area contributed by atoms with Gasteiger partial charge < -0.3 is 4.90 Å². The van der Waals surface area contributed by atoms with Gasteiger partial charge in [-0.3, -0.25) is 9.69 Å². The summed E-state index contributed by atoms with van der Waals surface area (Å²) >= 11 is 1.48. The van der Waals surface area contributed by atoms with Crippen LogP contribution in [0.1, 0.15) is 20.8 Å². The van der Waals surface area contributed by atoms with E-state index >= 15 is 0 Å². The van der Waals surface area contributed by atoms with Gasteiger partial charge in [-0.25, -0.2) is 14.8 Å². The van der Waals surface area contributed by atoms with Gasteiger partial charge in [-0.2, -0.15) is 0 Å². The van der Waals surface area contributed by atoms with Crippen LogP contribution >= 0.6 is 11.8 Å². The van der Waals surface area contributed by atoms with E-state index in [0.717, 1.165) is 0 Å². The summed E-state index contributed by atoms with van der Waals surface area (Å²) in [7, 11) is 3.30.